The molecular formula is C25H28N2O4S. The largest absolute Gasteiger partial charge is 0.494 e. The molecule has 1 N–H and O–H groups in total. The zero-order chi connectivity index (χ0) is 23.3. The average Bonchev–Trinajstić information content (AvgIpc) is 2.72. The van der Waals surface area contributed by atoms with Gasteiger partial charge in [-0.2, -0.15) is 0 Å². The first-order valence-electron chi connectivity index (χ1n) is 10.4. The standard InChI is InChI=1S/C25H28N2O4S/c1-5-31-23-10-12-24(13-11-23)32(29,30)27(22-8-6-18(2)7-9-22)17-25(28)26-21-15-19(3)14-20(4)16-21/h6-16H,5,17H2,1-4H3,(H,26,28). The summed E-state index contributed by atoms with van der Waals surface area (Å²) in [6, 6.07) is 18.9. The minimum absolute atomic E-state index is 0.0840. The number of nitrogens with zero attached hydrogens (tertiary/aromatic N) is 1. The number of carbonyl (C=O) groups is 1. The van der Waals surface area contributed by atoms with Gasteiger partial charge < -0.3 is 10.1 Å². The highest BCUT2D eigenvalue weighted by Crippen LogP contribution is 2.26. The summed E-state index contributed by atoms with van der Waals surface area (Å²) < 4.78 is 33.5. The van der Waals surface area contributed by atoms with E-state index in [0.717, 1.165) is 21.0 Å². The van der Waals surface area contributed by atoms with Gasteiger partial charge in [-0.1, -0.05) is 23.8 Å². The van der Waals surface area contributed by atoms with E-state index in [4.69, 9.17) is 4.74 Å². The summed E-state index contributed by atoms with van der Waals surface area (Å²) in [5, 5.41) is 2.82. The van der Waals surface area contributed by atoms with Crippen molar-refractivity contribution in [1.82, 2.24) is 0 Å². The number of rotatable bonds is 8. The maximum atomic E-state index is 13.5. The fourth-order valence-corrected chi connectivity index (χ4v) is 4.83. The Labute approximate surface area is 189 Å². The van der Waals surface area contributed by atoms with Crippen molar-refractivity contribution < 1.29 is 17.9 Å². The quantitative estimate of drug-likeness (QED) is 0.530. The van der Waals surface area contributed by atoms with Crippen molar-refractivity contribution in [2.75, 3.05) is 22.8 Å². The Morgan fingerprint density at radius 3 is 2.03 bits per heavy atom. The molecule has 0 unspecified atom stereocenters. The van der Waals surface area contributed by atoms with Gasteiger partial charge in [0, 0.05) is 5.69 Å². The fourth-order valence-electron chi connectivity index (χ4n) is 3.41. The van der Waals surface area contributed by atoms with E-state index in [-0.39, 0.29) is 11.4 Å². The van der Waals surface area contributed by atoms with Crippen molar-refractivity contribution in [2.45, 2.75) is 32.6 Å². The molecule has 6 nitrogen and oxygen atoms in total. The Balaban J connectivity index is 1.92. The maximum absolute atomic E-state index is 13.5. The molecule has 0 fully saturated rings. The summed E-state index contributed by atoms with van der Waals surface area (Å²) in [6.45, 7) is 7.79. The molecule has 3 aromatic rings. The van der Waals surface area contributed by atoms with Crippen LogP contribution in [0.3, 0.4) is 0 Å². The molecule has 0 bridgehead atoms. The number of anilines is 2. The molecule has 168 valence electrons. The van der Waals surface area contributed by atoms with E-state index < -0.39 is 15.9 Å². The highest BCUT2D eigenvalue weighted by molar-refractivity contribution is 7.92. The third kappa shape index (κ3) is 5.68. The minimum Gasteiger partial charge on any atom is -0.494 e. The van der Waals surface area contributed by atoms with Gasteiger partial charge in [0.1, 0.15) is 12.3 Å². The highest BCUT2D eigenvalue weighted by Gasteiger charge is 2.27. The Morgan fingerprint density at radius 2 is 1.47 bits per heavy atom. The molecule has 3 aromatic carbocycles. The van der Waals surface area contributed by atoms with Crippen molar-refractivity contribution >= 4 is 27.3 Å². The molecule has 0 spiro atoms. The van der Waals surface area contributed by atoms with Gasteiger partial charge in [0.05, 0.1) is 17.2 Å². The number of hydrogen-bond donors (Lipinski definition) is 1. The lowest BCUT2D eigenvalue weighted by atomic mass is 10.1. The van der Waals surface area contributed by atoms with Crippen molar-refractivity contribution in [1.29, 1.82) is 0 Å². The Kier molecular flexibility index (Phi) is 7.20. The van der Waals surface area contributed by atoms with E-state index >= 15 is 0 Å². The topological polar surface area (TPSA) is 75.7 Å². The zero-order valence-electron chi connectivity index (χ0n) is 18.8. The third-order valence-corrected chi connectivity index (χ3v) is 6.63. The third-order valence-electron chi connectivity index (χ3n) is 4.84. The summed E-state index contributed by atoms with van der Waals surface area (Å²) in [4.78, 5) is 12.9. The van der Waals surface area contributed by atoms with Crippen LogP contribution in [0, 0.1) is 20.8 Å². The van der Waals surface area contributed by atoms with E-state index in [9.17, 15) is 13.2 Å². The summed E-state index contributed by atoms with van der Waals surface area (Å²) >= 11 is 0. The smallest absolute Gasteiger partial charge is 0.264 e. The number of nitrogens with one attached hydrogen (secondary N) is 1. The molecule has 1 amide bonds. The first-order chi connectivity index (χ1) is 15.2. The number of sulfonamides is 1. The number of hydrogen-bond acceptors (Lipinski definition) is 4. The van der Waals surface area contributed by atoms with Crippen LogP contribution in [0.1, 0.15) is 23.6 Å². The minimum atomic E-state index is -3.99. The van der Waals surface area contributed by atoms with Gasteiger partial charge in [-0.05, 0) is 87.4 Å². The van der Waals surface area contributed by atoms with Crippen LogP contribution in [-0.2, 0) is 14.8 Å². The van der Waals surface area contributed by atoms with E-state index in [2.05, 4.69) is 5.32 Å². The van der Waals surface area contributed by atoms with Gasteiger partial charge in [-0.3, -0.25) is 9.10 Å². The van der Waals surface area contributed by atoms with E-state index in [1.165, 1.54) is 12.1 Å². The maximum Gasteiger partial charge on any atom is 0.264 e. The lowest BCUT2D eigenvalue weighted by molar-refractivity contribution is -0.114. The Bertz CT molecular complexity index is 1170. The lowest BCUT2D eigenvalue weighted by Crippen LogP contribution is -2.38. The predicted octanol–water partition coefficient (Wildman–Crippen LogP) is 4.84. The molecular weight excluding hydrogens is 424 g/mol. The fraction of sp³-hybridized carbons (Fsp3) is 0.240. The second-order valence-corrected chi connectivity index (χ2v) is 9.54. The van der Waals surface area contributed by atoms with Gasteiger partial charge >= 0.3 is 0 Å². The number of carbonyl (C=O) groups excluding carboxylic acids is 1. The molecule has 0 aliphatic heterocycles. The SMILES string of the molecule is CCOc1ccc(S(=O)(=O)N(CC(=O)Nc2cc(C)cc(C)c2)c2ccc(C)cc2)cc1. The summed E-state index contributed by atoms with van der Waals surface area (Å²) in [6.07, 6.45) is 0. The van der Waals surface area contributed by atoms with E-state index in [0.29, 0.717) is 23.7 Å². The Morgan fingerprint density at radius 1 is 0.875 bits per heavy atom. The summed E-state index contributed by atoms with van der Waals surface area (Å²) in [5.41, 5.74) is 4.07. The number of amides is 1. The number of benzene rings is 3. The Hall–Kier alpha value is -3.32. The van der Waals surface area contributed by atoms with Gasteiger partial charge in [0.25, 0.3) is 10.0 Å². The van der Waals surface area contributed by atoms with E-state index in [1.54, 1.807) is 24.3 Å². The molecule has 0 saturated heterocycles. The van der Waals surface area contributed by atoms with Crippen molar-refractivity contribution in [3.05, 3.63) is 83.4 Å². The lowest BCUT2D eigenvalue weighted by Gasteiger charge is -2.24. The van der Waals surface area contributed by atoms with Gasteiger partial charge in [-0.25, -0.2) is 8.42 Å². The van der Waals surface area contributed by atoms with Crippen LogP contribution in [-0.4, -0.2) is 27.5 Å². The first kappa shape index (κ1) is 23.3. The van der Waals surface area contributed by atoms with Crippen LogP contribution >= 0.6 is 0 Å². The molecule has 0 heterocycles. The van der Waals surface area contributed by atoms with Gasteiger partial charge in [0.2, 0.25) is 5.91 Å². The molecule has 0 atom stereocenters. The monoisotopic (exact) mass is 452 g/mol. The highest BCUT2D eigenvalue weighted by atomic mass is 32.2. The number of ether oxygens (including phenoxy) is 1. The molecule has 0 aliphatic rings. The average molecular weight is 453 g/mol. The molecule has 32 heavy (non-hydrogen) atoms. The van der Waals surface area contributed by atoms with Gasteiger partial charge in [-0.15, -0.1) is 0 Å². The first-order valence-corrected chi connectivity index (χ1v) is 11.8. The van der Waals surface area contributed by atoms with Crippen LogP contribution in [0.5, 0.6) is 5.75 Å². The van der Waals surface area contributed by atoms with Crippen LogP contribution in [0.25, 0.3) is 0 Å². The molecule has 0 radical (unpaired) electrons. The van der Waals surface area contributed by atoms with Crippen molar-refractivity contribution in [3.8, 4) is 5.75 Å². The molecule has 7 heteroatoms. The molecule has 0 aliphatic carbocycles. The van der Waals surface area contributed by atoms with E-state index in [1.807, 2.05) is 58.0 Å². The second kappa shape index (κ2) is 9.87. The predicted molar refractivity (Wildman–Crippen MR) is 128 cm³/mol. The normalized spacial score (nSPS) is 11.1. The molecule has 0 saturated carbocycles. The summed E-state index contributed by atoms with van der Waals surface area (Å²) in [7, 11) is -3.99. The van der Waals surface area contributed by atoms with Crippen molar-refractivity contribution in [2.24, 2.45) is 0 Å². The van der Waals surface area contributed by atoms with Crippen LogP contribution in [0.4, 0.5) is 11.4 Å². The second-order valence-electron chi connectivity index (χ2n) is 7.68. The molecule has 3 rings (SSSR count). The van der Waals surface area contributed by atoms with Crippen molar-refractivity contribution in [3.63, 3.8) is 0 Å². The van der Waals surface area contributed by atoms with Gasteiger partial charge in [0.15, 0.2) is 0 Å². The van der Waals surface area contributed by atoms with Crippen LogP contribution < -0.4 is 14.4 Å². The zero-order valence-corrected chi connectivity index (χ0v) is 19.6. The molecule has 0 aromatic heterocycles. The van der Waals surface area contributed by atoms with Crippen LogP contribution in [0.2, 0.25) is 0 Å². The van der Waals surface area contributed by atoms with Crippen LogP contribution in [0.15, 0.2) is 71.6 Å². The number of aryl methyl sites for hydroxylation is 3. The summed E-state index contributed by atoms with van der Waals surface area (Å²) in [5.74, 6) is 0.158.